The van der Waals surface area contributed by atoms with Gasteiger partial charge in [0.25, 0.3) is 5.91 Å². The summed E-state index contributed by atoms with van der Waals surface area (Å²) in [7, 11) is -3.95. The Hall–Kier alpha value is -2.87. The number of fused-ring (bicyclic) bond motifs is 1. The third-order valence-corrected chi connectivity index (χ3v) is 6.61. The second-order valence-electron chi connectivity index (χ2n) is 7.51. The average molecular weight is 414 g/mol. The summed E-state index contributed by atoms with van der Waals surface area (Å²) in [5.74, 6) is -0.760. The predicted molar refractivity (Wildman–Crippen MR) is 107 cm³/mol. The number of urea groups is 1. The molecule has 1 atom stereocenters. The summed E-state index contributed by atoms with van der Waals surface area (Å²) in [5, 5.41) is 2.73. The zero-order valence-corrected chi connectivity index (χ0v) is 16.9. The van der Waals surface area contributed by atoms with Crippen molar-refractivity contribution in [2.75, 3.05) is 12.3 Å². The molecule has 1 heterocycles. The van der Waals surface area contributed by atoms with E-state index in [1.165, 1.54) is 23.3 Å². The van der Waals surface area contributed by atoms with Gasteiger partial charge in [-0.1, -0.05) is 36.4 Å². The van der Waals surface area contributed by atoms with Crippen LogP contribution >= 0.6 is 0 Å². The second kappa shape index (κ2) is 7.18. The van der Waals surface area contributed by atoms with Gasteiger partial charge in [0.2, 0.25) is 0 Å². The van der Waals surface area contributed by atoms with Crippen molar-refractivity contribution in [3.63, 3.8) is 0 Å². The minimum Gasteiger partial charge on any atom is -0.382 e. The molecule has 0 unspecified atom stereocenters. The third-order valence-electron chi connectivity index (χ3n) is 5.48. The Bertz CT molecular complexity index is 1070. The molecule has 7 nitrogen and oxygen atoms in total. The zero-order valence-electron chi connectivity index (χ0n) is 16.1. The van der Waals surface area contributed by atoms with Gasteiger partial charge in [0.1, 0.15) is 17.0 Å². The maximum Gasteiger partial charge on any atom is 0.325 e. The van der Waals surface area contributed by atoms with Crippen molar-refractivity contribution in [3.05, 3.63) is 65.2 Å². The number of hydrogen-bond acceptors (Lipinski definition) is 5. The highest BCUT2D eigenvalue weighted by atomic mass is 32.2. The summed E-state index contributed by atoms with van der Waals surface area (Å²) >= 11 is 0. The van der Waals surface area contributed by atoms with Gasteiger partial charge in [-0.15, -0.1) is 0 Å². The number of benzene rings is 2. The Morgan fingerprint density at radius 1 is 1.07 bits per heavy atom. The van der Waals surface area contributed by atoms with Crippen LogP contribution in [0, 0.1) is 0 Å². The maximum atomic E-state index is 13.0. The first-order valence-electron chi connectivity index (χ1n) is 9.52. The normalized spacial score (nSPS) is 21.2. The number of rotatable bonds is 6. The second-order valence-corrected chi connectivity index (χ2v) is 9.20. The van der Waals surface area contributed by atoms with Gasteiger partial charge < -0.3 is 9.50 Å². The van der Waals surface area contributed by atoms with Crippen LogP contribution in [0.25, 0.3) is 0 Å². The van der Waals surface area contributed by atoms with Crippen molar-refractivity contribution in [2.24, 2.45) is 0 Å². The lowest BCUT2D eigenvalue weighted by Crippen LogP contribution is -2.41. The lowest BCUT2D eigenvalue weighted by molar-refractivity contribution is -0.130. The number of imide groups is 1. The fourth-order valence-corrected chi connectivity index (χ4v) is 4.74. The molecular formula is C21H22N2O5S. The predicted octanol–water partition coefficient (Wildman–Crippen LogP) is 2.35. The largest absolute Gasteiger partial charge is 0.382 e. The summed E-state index contributed by atoms with van der Waals surface area (Å²) in [5.41, 5.74) is 1.97. The first-order chi connectivity index (χ1) is 13.8. The quantitative estimate of drug-likeness (QED) is 0.579. The molecule has 0 aromatic heterocycles. The zero-order chi connectivity index (χ0) is 20.6. The van der Waals surface area contributed by atoms with Gasteiger partial charge in [0.05, 0.1) is 0 Å². The van der Waals surface area contributed by atoms with Gasteiger partial charge in [-0.2, -0.15) is 8.42 Å². The molecule has 3 amide bonds. The number of para-hydroxylation sites is 1. The molecule has 2 aromatic carbocycles. The topological polar surface area (TPSA) is 92.8 Å². The molecule has 1 N–H and O–H groups in total. The van der Waals surface area contributed by atoms with Gasteiger partial charge in [-0.3, -0.25) is 9.69 Å². The maximum absolute atomic E-state index is 13.0. The summed E-state index contributed by atoms with van der Waals surface area (Å²) < 4.78 is 29.5. The molecule has 152 valence electrons. The summed E-state index contributed by atoms with van der Waals surface area (Å²) in [6.07, 6.45) is 3.07. The molecule has 8 heteroatoms. The fraction of sp³-hybridized carbons (Fsp3) is 0.333. The Balaban J connectivity index is 1.48. The minimum absolute atomic E-state index is 0.188. The molecule has 0 radical (unpaired) electrons. The van der Waals surface area contributed by atoms with Crippen LogP contribution in [0.15, 0.2) is 48.5 Å². The van der Waals surface area contributed by atoms with Crippen LogP contribution in [0.4, 0.5) is 4.79 Å². The van der Waals surface area contributed by atoms with Crippen LogP contribution in [0.2, 0.25) is 0 Å². The van der Waals surface area contributed by atoms with E-state index in [9.17, 15) is 18.0 Å². The number of amides is 3. The highest BCUT2D eigenvalue weighted by Crippen LogP contribution is 2.32. The number of carbonyl (C=O) groups excluding carboxylic acids is 2. The van der Waals surface area contributed by atoms with Crippen LogP contribution in [0.3, 0.4) is 0 Å². The van der Waals surface area contributed by atoms with E-state index in [2.05, 4.69) is 5.32 Å². The number of nitrogens with one attached hydrogen (secondary N) is 1. The van der Waals surface area contributed by atoms with Gasteiger partial charge in [0, 0.05) is 6.54 Å². The molecule has 0 saturated carbocycles. The van der Waals surface area contributed by atoms with E-state index >= 15 is 0 Å². The Labute approximate surface area is 169 Å². The van der Waals surface area contributed by atoms with Crippen LogP contribution in [-0.4, -0.2) is 37.6 Å². The van der Waals surface area contributed by atoms with E-state index in [-0.39, 0.29) is 12.3 Å². The summed E-state index contributed by atoms with van der Waals surface area (Å²) in [6.45, 7) is 1.37. The molecule has 1 aliphatic heterocycles. The monoisotopic (exact) mass is 414 g/mol. The van der Waals surface area contributed by atoms with Gasteiger partial charge in [-0.25, -0.2) is 4.79 Å². The van der Waals surface area contributed by atoms with Crippen molar-refractivity contribution in [2.45, 2.75) is 31.7 Å². The van der Waals surface area contributed by atoms with Crippen LogP contribution in [-0.2, 0) is 33.3 Å². The van der Waals surface area contributed by atoms with E-state index in [0.717, 1.165) is 24.2 Å². The summed E-state index contributed by atoms with van der Waals surface area (Å²) in [4.78, 5) is 26.4. The minimum atomic E-state index is -3.95. The first-order valence-corrected chi connectivity index (χ1v) is 11.1. The van der Waals surface area contributed by atoms with Crippen molar-refractivity contribution in [1.82, 2.24) is 10.2 Å². The molecule has 1 fully saturated rings. The van der Waals surface area contributed by atoms with Crippen molar-refractivity contribution in [3.8, 4) is 5.75 Å². The van der Waals surface area contributed by atoms with Gasteiger partial charge in [-0.05, 0) is 55.0 Å². The Morgan fingerprint density at radius 3 is 2.55 bits per heavy atom. The molecule has 2 aliphatic rings. The first kappa shape index (κ1) is 19.4. The van der Waals surface area contributed by atoms with Gasteiger partial charge in [0.15, 0.2) is 0 Å². The number of carbonyl (C=O) groups is 2. The molecule has 1 saturated heterocycles. The number of hydrogen-bond donors (Lipinski definition) is 1. The average Bonchev–Trinajstić information content (AvgIpc) is 3.23. The van der Waals surface area contributed by atoms with Crippen molar-refractivity contribution >= 4 is 22.1 Å². The molecule has 1 aliphatic carbocycles. The van der Waals surface area contributed by atoms with Crippen molar-refractivity contribution in [1.29, 1.82) is 0 Å². The SMILES string of the molecule is C[C@@]1(c2ccc3c(c2)CCC3)NC(=O)N(CCS(=O)(=O)Oc2ccccc2)C1=O. The van der Waals surface area contributed by atoms with E-state index < -0.39 is 33.3 Å². The van der Waals surface area contributed by atoms with Gasteiger partial charge >= 0.3 is 16.1 Å². The number of nitrogens with zero attached hydrogens (tertiary/aromatic N) is 1. The smallest absolute Gasteiger partial charge is 0.325 e. The van der Waals surface area contributed by atoms with E-state index in [0.29, 0.717) is 5.56 Å². The lowest BCUT2D eigenvalue weighted by Gasteiger charge is -2.23. The molecule has 29 heavy (non-hydrogen) atoms. The Kier molecular flexibility index (Phi) is 4.82. The molecular weight excluding hydrogens is 392 g/mol. The third kappa shape index (κ3) is 3.72. The molecule has 4 rings (SSSR count). The van der Waals surface area contributed by atoms with E-state index in [4.69, 9.17) is 4.18 Å². The standard InChI is InChI=1S/C21H22N2O5S/c1-21(17-11-10-15-6-5-7-16(15)14-17)19(24)23(20(25)22-21)12-13-29(26,27)28-18-8-3-2-4-9-18/h2-4,8-11,14H,5-7,12-13H2,1H3,(H,22,25)/t21-/m0/s1. The number of aryl methyl sites for hydroxylation is 2. The van der Waals surface area contributed by atoms with E-state index in [1.54, 1.807) is 25.1 Å². The van der Waals surface area contributed by atoms with Crippen LogP contribution < -0.4 is 9.50 Å². The highest BCUT2D eigenvalue weighted by Gasteiger charge is 2.49. The summed E-state index contributed by atoms with van der Waals surface area (Å²) in [6, 6.07) is 13.3. The molecule has 0 bridgehead atoms. The van der Waals surface area contributed by atoms with E-state index in [1.807, 2.05) is 18.2 Å². The Morgan fingerprint density at radius 2 is 1.79 bits per heavy atom. The van der Waals surface area contributed by atoms with Crippen LogP contribution in [0.1, 0.15) is 30.0 Å². The van der Waals surface area contributed by atoms with Crippen LogP contribution in [0.5, 0.6) is 5.75 Å². The molecule has 2 aromatic rings. The lowest BCUT2D eigenvalue weighted by atomic mass is 9.90. The highest BCUT2D eigenvalue weighted by molar-refractivity contribution is 7.87. The fourth-order valence-electron chi connectivity index (χ4n) is 3.85. The van der Waals surface area contributed by atoms with Crippen molar-refractivity contribution < 1.29 is 22.2 Å². The molecule has 0 spiro atoms.